The third kappa shape index (κ3) is 4.72. The van der Waals surface area contributed by atoms with Crippen LogP contribution in [0, 0.1) is 0 Å². The number of hydrogen-bond acceptors (Lipinski definition) is 4. The zero-order chi connectivity index (χ0) is 13.6. The number of pyridine rings is 1. The molecular formula is C14H23NO3. The van der Waals surface area contributed by atoms with Crippen molar-refractivity contribution >= 4 is 0 Å². The van der Waals surface area contributed by atoms with E-state index in [0.29, 0.717) is 12.8 Å². The fourth-order valence-electron chi connectivity index (χ4n) is 1.85. The topological polar surface area (TPSA) is 51.6 Å². The molecule has 1 heterocycles. The van der Waals surface area contributed by atoms with E-state index in [0.717, 1.165) is 12.1 Å². The van der Waals surface area contributed by atoms with E-state index in [1.807, 2.05) is 18.3 Å². The Kier molecular flexibility index (Phi) is 5.72. The van der Waals surface area contributed by atoms with Gasteiger partial charge in [-0.15, -0.1) is 0 Å². The highest BCUT2D eigenvalue weighted by molar-refractivity contribution is 5.15. The standard InChI is InChI=1S/C14H23NO3/c1-5-11-6-7-12(15-10-11)8-14(2,16)9-13(17-3)18-4/h6-7,10,13,16H,5,8-9H2,1-4H3. The molecule has 1 rings (SSSR count). The fourth-order valence-corrected chi connectivity index (χ4v) is 1.85. The lowest BCUT2D eigenvalue weighted by atomic mass is 9.95. The maximum Gasteiger partial charge on any atom is 0.159 e. The minimum atomic E-state index is -0.891. The average Bonchev–Trinajstić information content (AvgIpc) is 2.36. The molecule has 1 atom stereocenters. The van der Waals surface area contributed by atoms with Crippen molar-refractivity contribution in [2.75, 3.05) is 14.2 Å². The number of aryl methyl sites for hydroxylation is 1. The number of nitrogens with zero attached hydrogens (tertiary/aromatic N) is 1. The molecule has 0 amide bonds. The maximum atomic E-state index is 10.3. The van der Waals surface area contributed by atoms with E-state index < -0.39 is 11.9 Å². The van der Waals surface area contributed by atoms with E-state index in [1.54, 1.807) is 21.1 Å². The van der Waals surface area contributed by atoms with Crippen molar-refractivity contribution in [1.82, 2.24) is 4.98 Å². The van der Waals surface area contributed by atoms with Gasteiger partial charge in [-0.1, -0.05) is 13.0 Å². The summed E-state index contributed by atoms with van der Waals surface area (Å²) in [4.78, 5) is 4.35. The van der Waals surface area contributed by atoms with Crippen molar-refractivity contribution in [1.29, 1.82) is 0 Å². The monoisotopic (exact) mass is 253 g/mol. The SMILES string of the molecule is CCc1ccc(CC(C)(O)CC(OC)OC)nc1. The molecule has 102 valence electrons. The molecular weight excluding hydrogens is 230 g/mol. The van der Waals surface area contributed by atoms with E-state index in [4.69, 9.17) is 9.47 Å². The zero-order valence-electron chi connectivity index (χ0n) is 11.6. The molecule has 4 heteroatoms. The van der Waals surface area contributed by atoms with Crippen LogP contribution >= 0.6 is 0 Å². The summed E-state index contributed by atoms with van der Waals surface area (Å²) in [5.74, 6) is 0. The summed E-state index contributed by atoms with van der Waals surface area (Å²) in [7, 11) is 3.14. The molecule has 1 N–H and O–H groups in total. The quantitative estimate of drug-likeness (QED) is 0.755. The number of ether oxygens (including phenoxy) is 2. The zero-order valence-corrected chi connectivity index (χ0v) is 11.6. The van der Waals surface area contributed by atoms with Crippen LogP contribution in [0.25, 0.3) is 0 Å². The Labute approximate surface area is 109 Å². The second kappa shape index (κ2) is 6.83. The summed E-state index contributed by atoms with van der Waals surface area (Å²) in [5, 5.41) is 10.3. The van der Waals surface area contributed by atoms with Crippen molar-refractivity contribution in [2.24, 2.45) is 0 Å². The highest BCUT2D eigenvalue weighted by atomic mass is 16.7. The molecule has 0 saturated heterocycles. The number of aromatic nitrogens is 1. The van der Waals surface area contributed by atoms with Crippen LogP contribution < -0.4 is 0 Å². The van der Waals surface area contributed by atoms with Gasteiger partial charge in [0, 0.05) is 39.0 Å². The number of aliphatic hydroxyl groups is 1. The third-order valence-electron chi connectivity index (χ3n) is 2.99. The molecule has 0 saturated carbocycles. The minimum Gasteiger partial charge on any atom is -0.390 e. The first-order valence-electron chi connectivity index (χ1n) is 6.22. The molecule has 4 nitrogen and oxygen atoms in total. The molecule has 0 aliphatic carbocycles. The summed E-state index contributed by atoms with van der Waals surface area (Å²) >= 11 is 0. The molecule has 0 spiro atoms. The lowest BCUT2D eigenvalue weighted by Crippen LogP contribution is -2.34. The van der Waals surface area contributed by atoms with Crippen molar-refractivity contribution in [2.45, 2.75) is 45.0 Å². The van der Waals surface area contributed by atoms with Crippen LogP contribution in [0.5, 0.6) is 0 Å². The molecule has 0 radical (unpaired) electrons. The second-order valence-corrected chi connectivity index (χ2v) is 4.79. The van der Waals surface area contributed by atoms with Crippen molar-refractivity contribution in [3.63, 3.8) is 0 Å². The molecule has 0 fully saturated rings. The fraction of sp³-hybridized carbons (Fsp3) is 0.643. The molecule has 1 aromatic rings. The first-order valence-corrected chi connectivity index (χ1v) is 6.22. The van der Waals surface area contributed by atoms with Crippen LogP contribution in [0.4, 0.5) is 0 Å². The Hall–Kier alpha value is -0.970. The van der Waals surface area contributed by atoms with Gasteiger partial charge in [0.1, 0.15) is 0 Å². The molecule has 0 aliphatic heterocycles. The van der Waals surface area contributed by atoms with Gasteiger partial charge in [0.05, 0.1) is 5.60 Å². The van der Waals surface area contributed by atoms with E-state index in [1.165, 1.54) is 5.56 Å². The molecule has 0 aliphatic rings. The van der Waals surface area contributed by atoms with Crippen molar-refractivity contribution in [3.05, 3.63) is 29.6 Å². The highest BCUT2D eigenvalue weighted by Crippen LogP contribution is 2.19. The second-order valence-electron chi connectivity index (χ2n) is 4.79. The van der Waals surface area contributed by atoms with E-state index >= 15 is 0 Å². The van der Waals surface area contributed by atoms with E-state index in [-0.39, 0.29) is 0 Å². The molecule has 18 heavy (non-hydrogen) atoms. The van der Waals surface area contributed by atoms with E-state index in [2.05, 4.69) is 11.9 Å². The van der Waals surface area contributed by atoms with Crippen LogP contribution in [-0.2, 0) is 22.3 Å². The Morgan fingerprint density at radius 1 is 1.33 bits per heavy atom. The van der Waals surface area contributed by atoms with Crippen LogP contribution in [0.3, 0.4) is 0 Å². The van der Waals surface area contributed by atoms with Gasteiger partial charge in [-0.3, -0.25) is 4.98 Å². The summed E-state index contributed by atoms with van der Waals surface area (Å²) in [5.41, 5.74) is 1.19. The van der Waals surface area contributed by atoms with Gasteiger partial charge in [-0.2, -0.15) is 0 Å². The molecule has 1 aromatic heterocycles. The Balaban J connectivity index is 2.63. The van der Waals surface area contributed by atoms with Crippen LogP contribution in [-0.4, -0.2) is 36.2 Å². The normalized spacial score (nSPS) is 14.8. The van der Waals surface area contributed by atoms with Gasteiger partial charge in [-0.05, 0) is 25.0 Å². The van der Waals surface area contributed by atoms with Gasteiger partial charge in [0.15, 0.2) is 6.29 Å². The first kappa shape index (κ1) is 15.1. The summed E-state index contributed by atoms with van der Waals surface area (Å²) in [6.07, 6.45) is 3.33. The lowest BCUT2D eigenvalue weighted by molar-refractivity contribution is -0.139. The third-order valence-corrected chi connectivity index (χ3v) is 2.99. The highest BCUT2D eigenvalue weighted by Gasteiger charge is 2.26. The summed E-state index contributed by atoms with van der Waals surface area (Å²) in [6.45, 7) is 3.86. The van der Waals surface area contributed by atoms with Gasteiger partial charge in [0.2, 0.25) is 0 Å². The van der Waals surface area contributed by atoms with Crippen LogP contribution in [0.2, 0.25) is 0 Å². The Bertz CT molecular complexity index is 345. The van der Waals surface area contributed by atoms with Gasteiger partial charge < -0.3 is 14.6 Å². The van der Waals surface area contributed by atoms with Crippen LogP contribution in [0.1, 0.15) is 31.5 Å². The lowest BCUT2D eigenvalue weighted by Gasteiger charge is -2.26. The summed E-state index contributed by atoms with van der Waals surface area (Å²) in [6, 6.07) is 4.00. The van der Waals surface area contributed by atoms with Gasteiger partial charge in [0.25, 0.3) is 0 Å². The van der Waals surface area contributed by atoms with Crippen molar-refractivity contribution in [3.8, 4) is 0 Å². The Morgan fingerprint density at radius 2 is 2.00 bits per heavy atom. The largest absolute Gasteiger partial charge is 0.390 e. The van der Waals surface area contributed by atoms with Crippen LogP contribution in [0.15, 0.2) is 18.3 Å². The molecule has 0 aromatic carbocycles. The summed E-state index contributed by atoms with van der Waals surface area (Å²) < 4.78 is 10.2. The smallest absolute Gasteiger partial charge is 0.159 e. The van der Waals surface area contributed by atoms with Gasteiger partial charge >= 0.3 is 0 Å². The number of rotatable bonds is 7. The van der Waals surface area contributed by atoms with E-state index in [9.17, 15) is 5.11 Å². The first-order chi connectivity index (χ1) is 8.50. The average molecular weight is 253 g/mol. The van der Waals surface area contributed by atoms with Crippen molar-refractivity contribution < 1.29 is 14.6 Å². The predicted molar refractivity (Wildman–Crippen MR) is 70.4 cm³/mol. The number of methoxy groups -OCH3 is 2. The molecule has 1 unspecified atom stereocenters. The number of hydrogen-bond donors (Lipinski definition) is 1. The maximum absolute atomic E-state index is 10.3. The Morgan fingerprint density at radius 3 is 2.44 bits per heavy atom. The van der Waals surface area contributed by atoms with Gasteiger partial charge in [-0.25, -0.2) is 0 Å². The molecule has 0 bridgehead atoms. The predicted octanol–water partition coefficient (Wildman–Crippen LogP) is 1.95. The minimum absolute atomic E-state index is 0.394.